The first-order valence-electron chi connectivity index (χ1n) is 12.8. The molecule has 3 N–H and O–H groups in total. The third-order valence-electron chi connectivity index (χ3n) is 6.36. The number of aromatic nitrogens is 4. The number of anilines is 1. The molecular weight excluding hydrogens is 534 g/mol. The van der Waals surface area contributed by atoms with Gasteiger partial charge in [-0.05, 0) is 56.2 Å². The number of nitrogens with zero attached hydrogens (tertiary/aromatic N) is 5. The first kappa shape index (κ1) is 27.4. The fraction of sp³-hybridized carbons (Fsp3) is 0.370. The van der Waals surface area contributed by atoms with E-state index in [0.29, 0.717) is 29.0 Å². The lowest BCUT2D eigenvalue weighted by molar-refractivity contribution is 0.0687. The van der Waals surface area contributed by atoms with Crippen LogP contribution in [-0.2, 0) is 23.3 Å². The van der Waals surface area contributed by atoms with Crippen molar-refractivity contribution in [3.8, 4) is 22.4 Å². The van der Waals surface area contributed by atoms with Gasteiger partial charge in [-0.2, -0.15) is 0 Å². The number of nitrogens with one attached hydrogen (secondary N) is 2. The monoisotopic (exact) mass is 565 g/mol. The zero-order valence-electron chi connectivity index (χ0n) is 22.1. The summed E-state index contributed by atoms with van der Waals surface area (Å²) in [6.07, 6.45) is 5.19. The van der Waals surface area contributed by atoms with Crippen LogP contribution < -0.4 is 10.6 Å². The molecule has 0 radical (unpaired) electrons. The van der Waals surface area contributed by atoms with Gasteiger partial charge in [-0.1, -0.05) is 22.5 Å². The molecule has 0 bridgehead atoms. The highest BCUT2D eigenvalue weighted by Gasteiger charge is 2.22. The normalized spacial score (nSPS) is 15.0. The van der Waals surface area contributed by atoms with Gasteiger partial charge >= 0.3 is 6.03 Å². The molecule has 204 valence electrons. The lowest BCUT2D eigenvalue weighted by Gasteiger charge is -2.28. The lowest BCUT2D eigenvalue weighted by Crippen LogP contribution is -2.39. The number of fused-ring (bicyclic) bond motifs is 1. The SMILES string of the molecule is CCNC(=O)Nc1nc2cc(-c3cnc(C(C)(C)O)nc3)cc(-c3cc(CN4CC[S+]([O-])CC4)ccn3)c2s1. The number of hydrogen-bond donors (Lipinski definition) is 3. The Balaban J connectivity index is 1.54. The van der Waals surface area contributed by atoms with Gasteiger partial charge in [0.2, 0.25) is 0 Å². The van der Waals surface area contributed by atoms with Crippen LogP contribution in [0.1, 0.15) is 32.2 Å². The number of urea groups is 1. The second-order valence-corrected chi connectivity index (χ2v) is 12.6. The van der Waals surface area contributed by atoms with Gasteiger partial charge in [0.05, 0.1) is 15.9 Å². The molecule has 1 aliphatic rings. The van der Waals surface area contributed by atoms with Crippen molar-refractivity contribution in [2.24, 2.45) is 0 Å². The van der Waals surface area contributed by atoms with E-state index in [1.54, 1.807) is 32.4 Å². The lowest BCUT2D eigenvalue weighted by atomic mass is 10.0. The molecule has 2 amide bonds. The molecule has 5 rings (SSSR count). The van der Waals surface area contributed by atoms with Gasteiger partial charge in [0.1, 0.15) is 17.1 Å². The van der Waals surface area contributed by atoms with Crippen LogP contribution in [0.2, 0.25) is 0 Å². The Kier molecular flexibility index (Phi) is 8.10. The van der Waals surface area contributed by atoms with E-state index >= 15 is 0 Å². The Labute approximate surface area is 234 Å². The van der Waals surface area contributed by atoms with Crippen molar-refractivity contribution in [2.75, 3.05) is 36.5 Å². The number of hydrogen-bond acceptors (Lipinski definition) is 9. The molecule has 12 heteroatoms. The summed E-state index contributed by atoms with van der Waals surface area (Å²) in [6, 6.07) is 7.76. The predicted octanol–water partition coefficient (Wildman–Crippen LogP) is 3.75. The molecule has 0 atom stereocenters. The van der Waals surface area contributed by atoms with Crippen LogP contribution in [-0.4, -0.2) is 71.7 Å². The molecule has 1 saturated heterocycles. The maximum Gasteiger partial charge on any atom is 0.321 e. The van der Waals surface area contributed by atoms with Crippen LogP contribution in [0.25, 0.3) is 32.6 Å². The summed E-state index contributed by atoms with van der Waals surface area (Å²) in [5.74, 6) is 1.75. The summed E-state index contributed by atoms with van der Waals surface area (Å²) in [7, 11) is 0. The number of aliphatic hydroxyl groups is 1. The number of carbonyl (C=O) groups is 1. The van der Waals surface area contributed by atoms with E-state index in [0.717, 1.165) is 57.8 Å². The van der Waals surface area contributed by atoms with Crippen LogP contribution in [0, 0.1) is 0 Å². The van der Waals surface area contributed by atoms with Gasteiger partial charge in [0.25, 0.3) is 0 Å². The molecule has 0 spiro atoms. The third kappa shape index (κ3) is 6.53. The molecule has 0 saturated carbocycles. The largest absolute Gasteiger partial charge is 0.616 e. The Morgan fingerprint density at radius 2 is 1.90 bits per heavy atom. The van der Waals surface area contributed by atoms with E-state index in [9.17, 15) is 14.5 Å². The van der Waals surface area contributed by atoms with Gasteiger partial charge in [0, 0.05) is 55.9 Å². The van der Waals surface area contributed by atoms with Crippen molar-refractivity contribution < 1.29 is 14.5 Å². The number of benzene rings is 1. The summed E-state index contributed by atoms with van der Waals surface area (Å²) in [5.41, 5.74) is 4.00. The second-order valence-electron chi connectivity index (χ2n) is 9.90. The first-order valence-corrected chi connectivity index (χ1v) is 15.1. The van der Waals surface area contributed by atoms with Crippen molar-refractivity contribution in [1.29, 1.82) is 0 Å². The van der Waals surface area contributed by atoms with Gasteiger partial charge < -0.3 is 15.0 Å². The van der Waals surface area contributed by atoms with Crippen LogP contribution in [0.4, 0.5) is 9.93 Å². The Morgan fingerprint density at radius 1 is 1.15 bits per heavy atom. The minimum absolute atomic E-state index is 0.309. The Hall–Kier alpha value is -3.16. The predicted molar refractivity (Wildman–Crippen MR) is 155 cm³/mol. The molecule has 4 aromatic rings. The zero-order chi connectivity index (χ0) is 27.6. The van der Waals surface area contributed by atoms with E-state index in [2.05, 4.69) is 36.6 Å². The van der Waals surface area contributed by atoms with Crippen molar-refractivity contribution in [3.63, 3.8) is 0 Å². The van der Waals surface area contributed by atoms with Gasteiger partial charge in [-0.25, -0.2) is 19.7 Å². The van der Waals surface area contributed by atoms with E-state index in [4.69, 9.17) is 4.98 Å². The summed E-state index contributed by atoms with van der Waals surface area (Å²) in [4.78, 5) is 32.6. The third-order valence-corrected chi connectivity index (χ3v) is 8.65. The fourth-order valence-electron chi connectivity index (χ4n) is 4.35. The van der Waals surface area contributed by atoms with Crippen LogP contribution in [0.3, 0.4) is 0 Å². The minimum atomic E-state index is -1.14. The van der Waals surface area contributed by atoms with Crippen LogP contribution in [0.15, 0.2) is 42.9 Å². The maximum absolute atomic E-state index is 12.2. The van der Waals surface area contributed by atoms with Crippen LogP contribution >= 0.6 is 11.3 Å². The number of rotatable bonds is 7. The molecule has 1 fully saturated rings. The molecule has 0 unspecified atom stereocenters. The van der Waals surface area contributed by atoms with Crippen molar-refractivity contribution in [3.05, 3.63) is 54.2 Å². The highest BCUT2D eigenvalue weighted by atomic mass is 32.2. The summed E-state index contributed by atoms with van der Waals surface area (Å²) >= 11 is 0.675. The maximum atomic E-state index is 12.2. The summed E-state index contributed by atoms with van der Waals surface area (Å²) in [5, 5.41) is 16.3. The van der Waals surface area contributed by atoms with E-state index in [-0.39, 0.29) is 6.03 Å². The van der Waals surface area contributed by atoms with Gasteiger partial charge in [-0.15, -0.1) is 0 Å². The minimum Gasteiger partial charge on any atom is -0.616 e. The fourth-order valence-corrected chi connectivity index (χ4v) is 6.44. The molecule has 3 aromatic heterocycles. The number of amides is 2. The average molecular weight is 566 g/mol. The number of carbonyl (C=O) groups excluding carboxylic acids is 1. The molecule has 4 heterocycles. The smallest absolute Gasteiger partial charge is 0.321 e. The molecule has 1 aromatic carbocycles. The summed E-state index contributed by atoms with van der Waals surface area (Å²) < 4.78 is 12.7. The van der Waals surface area contributed by atoms with Crippen LogP contribution in [0.5, 0.6) is 0 Å². The van der Waals surface area contributed by atoms with Crippen molar-refractivity contribution >= 4 is 43.9 Å². The van der Waals surface area contributed by atoms with E-state index < -0.39 is 16.8 Å². The molecule has 39 heavy (non-hydrogen) atoms. The highest BCUT2D eigenvalue weighted by Crippen LogP contribution is 2.38. The summed E-state index contributed by atoms with van der Waals surface area (Å²) in [6.45, 7) is 8.04. The van der Waals surface area contributed by atoms with Gasteiger partial charge in [0.15, 0.2) is 11.0 Å². The highest BCUT2D eigenvalue weighted by molar-refractivity contribution is 7.91. The second kappa shape index (κ2) is 11.5. The Morgan fingerprint density at radius 3 is 2.59 bits per heavy atom. The Bertz CT molecular complexity index is 1460. The molecule has 10 nitrogen and oxygen atoms in total. The average Bonchev–Trinajstić information content (AvgIpc) is 3.31. The van der Waals surface area contributed by atoms with E-state index in [1.807, 2.05) is 25.1 Å². The molecule has 0 aliphatic carbocycles. The van der Waals surface area contributed by atoms with Crippen molar-refractivity contribution in [2.45, 2.75) is 32.9 Å². The molecular formula is C27H31N7O3S2. The van der Waals surface area contributed by atoms with Gasteiger partial charge in [-0.3, -0.25) is 15.2 Å². The molecule has 1 aliphatic heterocycles. The quantitative estimate of drug-likeness (QED) is 0.288. The number of thiazole rings is 1. The van der Waals surface area contributed by atoms with E-state index in [1.165, 1.54) is 11.3 Å². The topological polar surface area (TPSA) is 139 Å². The first-order chi connectivity index (χ1) is 18.7. The zero-order valence-corrected chi connectivity index (χ0v) is 23.7. The van der Waals surface area contributed by atoms with Crippen molar-refractivity contribution in [1.82, 2.24) is 30.2 Å². The standard InChI is InChI=1S/C27H31N7O3S2/c1-4-28-25(35)33-26-32-22-13-18(19-14-30-24(31-15-19)27(2,3)36)12-20(23(22)38-26)21-11-17(5-6-29-21)16-34-7-9-39(37)10-8-34/h5-6,11-15,36H,4,7-10,16H2,1-3H3,(H2,28,32,33,35). The number of pyridine rings is 1.